The van der Waals surface area contributed by atoms with Crippen molar-refractivity contribution in [1.29, 1.82) is 0 Å². The average molecular weight is 1270 g/mol. The number of carbonyl (C=O) groups is 4. The molecule has 91 heavy (non-hydrogen) atoms. The lowest BCUT2D eigenvalue weighted by Crippen LogP contribution is -2.44. The van der Waals surface area contributed by atoms with Gasteiger partial charge in [0.25, 0.3) is 0 Å². The van der Waals surface area contributed by atoms with Crippen molar-refractivity contribution in [1.82, 2.24) is 0 Å². The normalized spacial score (nSPS) is 44.7. The van der Waals surface area contributed by atoms with Gasteiger partial charge in [-0.3, -0.25) is 19.2 Å². The number of ether oxygens (including phenoxy) is 5. The van der Waals surface area contributed by atoms with E-state index in [0.717, 1.165) is 187 Å². The van der Waals surface area contributed by atoms with Gasteiger partial charge in [-0.1, -0.05) is 107 Å². The molecule has 0 aromatic heterocycles. The lowest BCUT2D eigenvalue weighted by molar-refractivity contribution is -0.188. The molecule has 0 spiro atoms. The van der Waals surface area contributed by atoms with Crippen LogP contribution in [-0.2, 0) is 42.9 Å². The van der Waals surface area contributed by atoms with E-state index in [9.17, 15) is 29.4 Å². The molecule has 8 bridgehead atoms. The molecule has 1 aliphatic heterocycles. The maximum Gasteiger partial charge on any atom is 0.308 e. The first-order valence-corrected chi connectivity index (χ1v) is 39.1. The molecule has 11 nitrogen and oxygen atoms in total. The summed E-state index contributed by atoms with van der Waals surface area (Å²) >= 11 is 0. The molecule has 13 aliphatic rings. The summed E-state index contributed by atoms with van der Waals surface area (Å²) in [5, 5.41) is 21.1. The largest absolute Gasteiger partial charge is 0.469 e. The fraction of sp³-hybridized carbons (Fsp3) is 0.950. The van der Waals surface area contributed by atoms with Crippen LogP contribution in [-0.4, -0.2) is 78.5 Å². The Bertz CT molecular complexity index is 2370. The summed E-state index contributed by atoms with van der Waals surface area (Å²) in [5.41, 5.74) is -1.25. The van der Waals surface area contributed by atoms with Gasteiger partial charge in [-0.2, -0.15) is 0 Å². The van der Waals surface area contributed by atoms with Gasteiger partial charge in [0.1, 0.15) is 5.60 Å². The summed E-state index contributed by atoms with van der Waals surface area (Å²) in [6.07, 6.45) is 32.7. The maximum absolute atomic E-state index is 12.4. The van der Waals surface area contributed by atoms with Gasteiger partial charge in [-0.25, -0.2) is 0 Å². The van der Waals surface area contributed by atoms with Crippen LogP contribution in [0.25, 0.3) is 0 Å². The van der Waals surface area contributed by atoms with E-state index in [4.69, 9.17) is 18.9 Å². The molecule has 0 aromatic rings. The topological polar surface area (TPSA) is 155 Å². The van der Waals surface area contributed by atoms with Crippen molar-refractivity contribution < 1.29 is 53.1 Å². The third-order valence-electron chi connectivity index (χ3n) is 29.6. The molecule has 2 N–H and O–H groups in total. The van der Waals surface area contributed by atoms with E-state index in [-0.39, 0.29) is 54.5 Å². The van der Waals surface area contributed by atoms with E-state index in [1.807, 2.05) is 27.7 Å². The molecular formula is C80H134O11. The Labute approximate surface area is 553 Å². The maximum atomic E-state index is 12.4. The van der Waals surface area contributed by atoms with E-state index in [2.05, 4.69) is 60.1 Å². The highest BCUT2D eigenvalue weighted by atomic mass is 16.7. The molecule has 31 atom stereocenters. The first-order chi connectivity index (χ1) is 43.5. The third kappa shape index (κ3) is 15.1. The Kier molecular flexibility index (Phi) is 24.1. The summed E-state index contributed by atoms with van der Waals surface area (Å²) in [6.45, 7) is 27.4. The summed E-state index contributed by atoms with van der Waals surface area (Å²) in [5.74, 6) is 23.2. The molecule has 13 rings (SSSR count). The van der Waals surface area contributed by atoms with Crippen molar-refractivity contribution in [3.05, 3.63) is 0 Å². The van der Waals surface area contributed by atoms with Crippen LogP contribution in [0.5, 0.6) is 0 Å². The van der Waals surface area contributed by atoms with Gasteiger partial charge < -0.3 is 33.9 Å². The molecular weight excluding hydrogens is 1140 g/mol. The number of esters is 4. The van der Waals surface area contributed by atoms with E-state index in [0.29, 0.717) is 30.6 Å². The van der Waals surface area contributed by atoms with Crippen LogP contribution >= 0.6 is 0 Å². The average Bonchev–Trinajstić information content (AvgIpc) is 1.60. The lowest BCUT2D eigenvalue weighted by atomic mass is 9.65. The SMILES string of the molecule is CCC1CC(CC)C2C3CC(CC3C(C)(O)CC(=O)OC)C12.CCC1CC(CC)C2C3CC(CC3CC(=O)OC3CCCCO3)C12.CCC1CC(CC)C2C3CC(CC3CC(O)CC(=O)OC)C12.CCC1CC(CC)C2C3CC(CC3CCC(=O)OC(C)(C)C)C12. The number of methoxy groups -OCH3 is 2. The van der Waals surface area contributed by atoms with Crippen molar-refractivity contribution in [2.75, 3.05) is 20.8 Å². The Balaban J connectivity index is 0.000000133. The zero-order valence-electron chi connectivity index (χ0n) is 60.1. The van der Waals surface area contributed by atoms with Crippen molar-refractivity contribution >= 4 is 23.9 Å². The fourth-order valence-corrected chi connectivity index (χ4v) is 26.7. The summed E-state index contributed by atoms with van der Waals surface area (Å²) in [4.78, 5) is 47.4. The Morgan fingerprint density at radius 1 is 0.462 bits per heavy atom. The zero-order chi connectivity index (χ0) is 65.4. The summed E-state index contributed by atoms with van der Waals surface area (Å²) < 4.78 is 26.1. The molecule has 1 heterocycles. The Morgan fingerprint density at radius 2 is 0.868 bits per heavy atom. The van der Waals surface area contributed by atoms with Crippen molar-refractivity contribution in [2.45, 2.75) is 293 Å². The van der Waals surface area contributed by atoms with Crippen LogP contribution in [0.4, 0.5) is 0 Å². The number of hydrogen-bond acceptors (Lipinski definition) is 11. The van der Waals surface area contributed by atoms with Crippen molar-refractivity contribution in [3.63, 3.8) is 0 Å². The van der Waals surface area contributed by atoms with Gasteiger partial charge in [-0.05, 0) is 296 Å². The predicted molar refractivity (Wildman–Crippen MR) is 359 cm³/mol. The molecule has 12 aliphatic carbocycles. The molecule has 11 heteroatoms. The third-order valence-corrected chi connectivity index (χ3v) is 29.6. The van der Waals surface area contributed by atoms with Crippen molar-refractivity contribution in [3.8, 4) is 0 Å². The molecule has 520 valence electrons. The van der Waals surface area contributed by atoms with Gasteiger partial charge in [0.15, 0.2) is 0 Å². The highest BCUT2D eigenvalue weighted by molar-refractivity contribution is 5.71. The lowest BCUT2D eigenvalue weighted by Gasteiger charge is -2.42. The van der Waals surface area contributed by atoms with Crippen LogP contribution < -0.4 is 0 Å². The van der Waals surface area contributed by atoms with Gasteiger partial charge in [-0.15, -0.1) is 0 Å². The standard InChI is InChI=1S/C21H34O3.C21H36O2.2C19H32O3/c1-3-13-9-14(4-2)21-17-11-16(20(13)21)10-15(17)12-18(22)24-19-7-5-6-8-23-19;1-6-13-10-14(7-2)20-17-12-16(19(13)20)11-15(17)8-9-18(22)23-21(3,4)5;1-5-11-7-12(6-2)18-14-8-13(17(11)18)9-15(14)19(3,21)10-16(20)22-4;1-4-11-6-12(5-2)19-16-9-14(18(11)19)7-13(16)8-15(20)10-17(21)22-3/h13-17,19-21H,3-12H2,1-2H3;13-17,19-20H,6-12H2,1-5H3;11-15,17-18,21H,5-10H2,1-4H3;11-16,18-20H,4-10H2,1-3H3. The molecule has 0 radical (unpaired) electrons. The number of aliphatic hydroxyl groups is 2. The van der Waals surface area contributed by atoms with Crippen LogP contribution in [0.15, 0.2) is 0 Å². The number of carbonyl (C=O) groups excluding carboxylic acids is 4. The second-order valence-corrected chi connectivity index (χ2v) is 34.8. The Morgan fingerprint density at radius 3 is 1.31 bits per heavy atom. The summed E-state index contributed by atoms with van der Waals surface area (Å²) in [7, 11) is 2.80. The molecule has 0 aromatic carbocycles. The quantitative estimate of drug-likeness (QED) is 0.0833. The predicted octanol–water partition coefficient (Wildman–Crippen LogP) is 17.5. The smallest absolute Gasteiger partial charge is 0.308 e. The Hall–Kier alpha value is -2.24. The van der Waals surface area contributed by atoms with Crippen LogP contribution in [0.1, 0.15) is 269 Å². The van der Waals surface area contributed by atoms with E-state index >= 15 is 0 Å². The van der Waals surface area contributed by atoms with Gasteiger partial charge in [0.05, 0.1) is 45.4 Å². The zero-order valence-corrected chi connectivity index (χ0v) is 60.1. The second kappa shape index (κ2) is 30.7. The highest BCUT2D eigenvalue weighted by Gasteiger charge is 2.64. The monoisotopic (exact) mass is 1270 g/mol. The minimum absolute atomic E-state index is 0.00159. The van der Waals surface area contributed by atoms with Gasteiger partial charge >= 0.3 is 23.9 Å². The summed E-state index contributed by atoms with van der Waals surface area (Å²) in [6, 6.07) is 0. The molecule has 12 saturated carbocycles. The first kappa shape index (κ1) is 71.5. The van der Waals surface area contributed by atoms with E-state index < -0.39 is 11.7 Å². The molecule has 1 saturated heterocycles. The number of hydrogen-bond donors (Lipinski definition) is 2. The van der Waals surface area contributed by atoms with Crippen LogP contribution in [0, 0.1) is 166 Å². The van der Waals surface area contributed by atoms with Crippen LogP contribution in [0.3, 0.4) is 0 Å². The minimum Gasteiger partial charge on any atom is -0.469 e. The van der Waals surface area contributed by atoms with E-state index in [1.165, 1.54) is 136 Å². The number of rotatable bonds is 21. The molecule has 31 unspecified atom stereocenters. The first-order valence-electron chi connectivity index (χ1n) is 39.1. The number of aliphatic hydroxyl groups excluding tert-OH is 1. The van der Waals surface area contributed by atoms with Gasteiger partial charge in [0, 0.05) is 19.3 Å². The molecule has 13 fully saturated rings. The van der Waals surface area contributed by atoms with E-state index in [1.54, 1.807) is 0 Å². The highest BCUT2D eigenvalue weighted by Crippen LogP contribution is 2.70. The molecule has 0 amide bonds. The van der Waals surface area contributed by atoms with Crippen molar-refractivity contribution in [2.24, 2.45) is 166 Å². The van der Waals surface area contributed by atoms with Crippen LogP contribution in [0.2, 0.25) is 0 Å². The number of fused-ring (bicyclic) bond motifs is 20. The second-order valence-electron chi connectivity index (χ2n) is 34.8. The minimum atomic E-state index is -0.903. The van der Waals surface area contributed by atoms with Gasteiger partial charge in [0.2, 0.25) is 6.29 Å². The fourth-order valence-electron chi connectivity index (χ4n) is 26.7.